The standard InChI is InChI=1S/C25H22F3N3O2S/c1-15(16-6-4-7-18(12-16)25(26,27)28)30-23(32)21(31-24(33)22-10-5-11-34-22)13-17-14-29-20-9-3-2-8-19(17)20/h2-12,14-15,21,29H,13H2,1H3,(H,30,32)(H,31,33)/t15?,21-/m0/s1. The summed E-state index contributed by atoms with van der Waals surface area (Å²) in [7, 11) is 0. The van der Waals surface area contributed by atoms with Crippen molar-refractivity contribution in [2.45, 2.75) is 31.6 Å². The Labute approximate surface area is 198 Å². The largest absolute Gasteiger partial charge is 0.416 e. The van der Waals surface area contributed by atoms with Gasteiger partial charge in [0.15, 0.2) is 0 Å². The van der Waals surface area contributed by atoms with E-state index in [-0.39, 0.29) is 12.3 Å². The smallest absolute Gasteiger partial charge is 0.361 e. The van der Waals surface area contributed by atoms with Gasteiger partial charge >= 0.3 is 6.18 Å². The molecule has 176 valence electrons. The van der Waals surface area contributed by atoms with E-state index < -0.39 is 29.7 Å². The average molecular weight is 486 g/mol. The van der Waals surface area contributed by atoms with E-state index in [1.54, 1.807) is 30.6 Å². The fourth-order valence-electron chi connectivity index (χ4n) is 3.75. The molecule has 2 aromatic carbocycles. The van der Waals surface area contributed by atoms with Crippen molar-refractivity contribution < 1.29 is 22.8 Å². The van der Waals surface area contributed by atoms with E-state index in [2.05, 4.69) is 15.6 Å². The van der Waals surface area contributed by atoms with E-state index >= 15 is 0 Å². The molecule has 2 heterocycles. The van der Waals surface area contributed by atoms with Gasteiger partial charge in [-0.25, -0.2) is 0 Å². The van der Waals surface area contributed by atoms with Crippen LogP contribution in [0.1, 0.15) is 39.3 Å². The van der Waals surface area contributed by atoms with E-state index in [0.717, 1.165) is 28.6 Å². The molecule has 0 aliphatic rings. The van der Waals surface area contributed by atoms with Gasteiger partial charge in [0.25, 0.3) is 5.91 Å². The number of benzene rings is 2. The third-order valence-corrected chi connectivity index (χ3v) is 6.41. The number of aromatic amines is 1. The maximum absolute atomic E-state index is 13.2. The van der Waals surface area contributed by atoms with Crippen molar-refractivity contribution in [3.8, 4) is 0 Å². The van der Waals surface area contributed by atoms with E-state index in [1.165, 1.54) is 23.5 Å². The van der Waals surface area contributed by atoms with Crippen LogP contribution in [0.4, 0.5) is 13.2 Å². The van der Waals surface area contributed by atoms with Crippen LogP contribution in [-0.2, 0) is 17.4 Å². The number of nitrogens with one attached hydrogen (secondary N) is 3. The minimum atomic E-state index is -4.48. The number of para-hydroxylation sites is 1. The van der Waals surface area contributed by atoms with Gasteiger partial charge in [-0.3, -0.25) is 9.59 Å². The van der Waals surface area contributed by atoms with Crippen LogP contribution in [0.25, 0.3) is 10.9 Å². The average Bonchev–Trinajstić information content (AvgIpc) is 3.49. The van der Waals surface area contributed by atoms with Crippen LogP contribution < -0.4 is 10.6 Å². The lowest BCUT2D eigenvalue weighted by Gasteiger charge is -2.22. The maximum Gasteiger partial charge on any atom is 0.416 e. The van der Waals surface area contributed by atoms with Crippen molar-refractivity contribution in [2.75, 3.05) is 0 Å². The first kappa shape index (κ1) is 23.6. The van der Waals surface area contributed by atoms with Gasteiger partial charge in [0.2, 0.25) is 5.91 Å². The number of H-pyrrole nitrogens is 1. The molecule has 0 saturated carbocycles. The molecule has 5 nitrogen and oxygen atoms in total. The number of carbonyl (C=O) groups is 2. The number of hydrogen-bond donors (Lipinski definition) is 3. The quantitative estimate of drug-likeness (QED) is 0.325. The second-order valence-electron chi connectivity index (χ2n) is 7.92. The number of rotatable bonds is 7. The molecule has 2 amide bonds. The van der Waals surface area contributed by atoms with Crippen LogP contribution >= 0.6 is 11.3 Å². The Morgan fingerprint density at radius 3 is 2.56 bits per heavy atom. The van der Waals surface area contributed by atoms with E-state index in [0.29, 0.717) is 10.4 Å². The summed E-state index contributed by atoms with van der Waals surface area (Å²) in [6, 6.07) is 14.2. The SMILES string of the molecule is CC(NC(=O)[C@H](Cc1c[nH]c2ccccc12)NC(=O)c1cccs1)c1cccc(C(F)(F)F)c1. The summed E-state index contributed by atoms with van der Waals surface area (Å²) in [5.74, 6) is -0.873. The minimum absolute atomic E-state index is 0.211. The zero-order valence-electron chi connectivity index (χ0n) is 18.1. The lowest BCUT2D eigenvalue weighted by Crippen LogP contribution is -2.48. The van der Waals surface area contributed by atoms with Gasteiger partial charge in [-0.15, -0.1) is 11.3 Å². The number of carbonyl (C=O) groups excluding carboxylic acids is 2. The van der Waals surface area contributed by atoms with Crippen molar-refractivity contribution in [3.05, 3.63) is 93.8 Å². The summed E-state index contributed by atoms with van der Waals surface area (Å²) in [5, 5.41) is 8.23. The molecule has 2 aromatic heterocycles. The Kier molecular flexibility index (Phi) is 6.74. The van der Waals surface area contributed by atoms with Gasteiger partial charge in [0, 0.05) is 23.5 Å². The van der Waals surface area contributed by atoms with E-state index in [9.17, 15) is 22.8 Å². The molecule has 0 fully saturated rings. The Morgan fingerprint density at radius 2 is 1.82 bits per heavy atom. The Morgan fingerprint density at radius 1 is 1.03 bits per heavy atom. The second-order valence-corrected chi connectivity index (χ2v) is 8.87. The summed E-state index contributed by atoms with van der Waals surface area (Å²) < 4.78 is 39.3. The Bertz CT molecular complexity index is 1300. The van der Waals surface area contributed by atoms with Crippen LogP contribution in [0.5, 0.6) is 0 Å². The molecule has 2 atom stereocenters. The maximum atomic E-state index is 13.2. The highest BCUT2D eigenvalue weighted by molar-refractivity contribution is 7.12. The fraction of sp³-hybridized carbons (Fsp3) is 0.200. The van der Waals surface area contributed by atoms with Crippen LogP contribution in [0, 0.1) is 0 Å². The molecule has 1 unspecified atom stereocenters. The number of hydrogen-bond acceptors (Lipinski definition) is 3. The molecular formula is C25H22F3N3O2S. The Balaban J connectivity index is 1.56. The van der Waals surface area contributed by atoms with Crippen LogP contribution in [-0.4, -0.2) is 22.8 Å². The highest BCUT2D eigenvalue weighted by Crippen LogP contribution is 2.30. The van der Waals surface area contributed by atoms with Crippen LogP contribution in [0.3, 0.4) is 0 Å². The number of fused-ring (bicyclic) bond motifs is 1. The van der Waals surface area contributed by atoms with Crippen molar-refractivity contribution in [3.63, 3.8) is 0 Å². The molecule has 0 aliphatic carbocycles. The summed E-state index contributed by atoms with van der Waals surface area (Å²) in [6.07, 6.45) is -2.48. The van der Waals surface area contributed by atoms with Crippen molar-refractivity contribution in [1.29, 1.82) is 0 Å². The third-order valence-electron chi connectivity index (χ3n) is 5.54. The Hall–Kier alpha value is -3.59. The predicted molar refractivity (Wildman–Crippen MR) is 126 cm³/mol. The first-order chi connectivity index (χ1) is 16.2. The highest BCUT2D eigenvalue weighted by atomic mass is 32.1. The molecule has 4 aromatic rings. The third kappa shape index (κ3) is 5.31. The van der Waals surface area contributed by atoms with Gasteiger partial charge < -0.3 is 15.6 Å². The topological polar surface area (TPSA) is 74.0 Å². The summed E-state index contributed by atoms with van der Waals surface area (Å²) in [4.78, 5) is 29.5. The van der Waals surface area contributed by atoms with Crippen molar-refractivity contribution in [1.82, 2.24) is 15.6 Å². The van der Waals surface area contributed by atoms with Gasteiger partial charge in [0.05, 0.1) is 16.5 Å². The minimum Gasteiger partial charge on any atom is -0.361 e. The monoisotopic (exact) mass is 485 g/mol. The zero-order valence-corrected chi connectivity index (χ0v) is 19.0. The molecule has 0 spiro atoms. The molecule has 34 heavy (non-hydrogen) atoms. The normalized spacial score (nSPS) is 13.4. The van der Waals surface area contributed by atoms with E-state index in [1.807, 2.05) is 24.3 Å². The lowest BCUT2D eigenvalue weighted by molar-refractivity contribution is -0.137. The molecular weight excluding hydrogens is 463 g/mol. The van der Waals surface area contributed by atoms with Crippen molar-refractivity contribution >= 4 is 34.1 Å². The van der Waals surface area contributed by atoms with Gasteiger partial charge in [-0.05, 0) is 47.7 Å². The first-order valence-electron chi connectivity index (χ1n) is 10.6. The fourth-order valence-corrected chi connectivity index (χ4v) is 4.38. The lowest BCUT2D eigenvalue weighted by atomic mass is 10.0. The van der Waals surface area contributed by atoms with Gasteiger partial charge in [0.1, 0.15) is 6.04 Å². The second kappa shape index (κ2) is 9.72. The van der Waals surface area contributed by atoms with Crippen LogP contribution in [0.15, 0.2) is 72.2 Å². The van der Waals surface area contributed by atoms with Crippen molar-refractivity contribution in [2.24, 2.45) is 0 Å². The number of alkyl halides is 3. The van der Waals surface area contributed by atoms with Gasteiger partial charge in [-0.1, -0.05) is 36.4 Å². The first-order valence-corrected chi connectivity index (χ1v) is 11.5. The molecule has 0 radical (unpaired) electrons. The number of thiophene rings is 1. The molecule has 0 aliphatic heterocycles. The number of aromatic nitrogens is 1. The van der Waals surface area contributed by atoms with Crippen LogP contribution in [0.2, 0.25) is 0 Å². The number of amides is 2. The molecule has 9 heteroatoms. The highest BCUT2D eigenvalue weighted by Gasteiger charge is 2.31. The summed E-state index contributed by atoms with van der Waals surface area (Å²) in [6.45, 7) is 1.61. The molecule has 0 bridgehead atoms. The molecule has 0 saturated heterocycles. The molecule has 4 rings (SSSR count). The zero-order chi connectivity index (χ0) is 24.3. The van der Waals surface area contributed by atoms with E-state index in [4.69, 9.17) is 0 Å². The summed E-state index contributed by atoms with van der Waals surface area (Å²) >= 11 is 1.25. The molecule has 3 N–H and O–H groups in total. The predicted octanol–water partition coefficient (Wildman–Crippen LogP) is 5.47. The summed E-state index contributed by atoms with van der Waals surface area (Å²) in [5.41, 5.74) is 1.28. The van der Waals surface area contributed by atoms with Gasteiger partial charge in [-0.2, -0.15) is 13.2 Å². The number of halogens is 3.